The van der Waals surface area contributed by atoms with Crippen molar-refractivity contribution < 1.29 is 19.7 Å². The Hall–Kier alpha value is -2.60. The van der Waals surface area contributed by atoms with E-state index in [0.29, 0.717) is 24.3 Å². The van der Waals surface area contributed by atoms with Gasteiger partial charge in [0.15, 0.2) is 0 Å². The van der Waals surface area contributed by atoms with Crippen molar-refractivity contribution in [2.24, 2.45) is 5.92 Å². The van der Waals surface area contributed by atoms with Crippen LogP contribution in [0.15, 0.2) is 42.6 Å². The third-order valence-corrected chi connectivity index (χ3v) is 4.36. The normalized spacial score (nSPS) is 20.8. The number of hydrogen-bond acceptors (Lipinski definition) is 5. The highest BCUT2D eigenvalue weighted by atomic mass is 16.5. The molecule has 1 amide bonds. The average Bonchev–Trinajstić information content (AvgIpc) is 2.58. The number of carbonyl (C=O) groups is 1. The first-order valence-corrected chi connectivity index (χ1v) is 7.84. The van der Waals surface area contributed by atoms with Gasteiger partial charge >= 0.3 is 0 Å². The summed E-state index contributed by atoms with van der Waals surface area (Å²) < 4.78 is 5.07. The number of nitrogens with one attached hydrogen (secondary N) is 1. The van der Waals surface area contributed by atoms with E-state index in [1.807, 2.05) is 6.07 Å². The van der Waals surface area contributed by atoms with Gasteiger partial charge in [0.05, 0.1) is 19.3 Å². The van der Waals surface area contributed by atoms with Crippen molar-refractivity contribution in [3.63, 3.8) is 0 Å². The number of hydrogen-bond donors (Lipinski definition) is 3. The first-order chi connectivity index (χ1) is 11.6. The molecule has 126 valence electrons. The van der Waals surface area contributed by atoms with Crippen molar-refractivity contribution in [2.45, 2.75) is 25.0 Å². The van der Waals surface area contributed by atoms with Crippen molar-refractivity contribution in [3.8, 4) is 11.6 Å². The van der Waals surface area contributed by atoms with E-state index in [1.54, 1.807) is 31.5 Å². The van der Waals surface area contributed by atoms with Crippen molar-refractivity contribution in [2.75, 3.05) is 7.11 Å². The highest BCUT2D eigenvalue weighted by Gasteiger charge is 2.36. The minimum atomic E-state index is -0.311. The van der Waals surface area contributed by atoms with Crippen LogP contribution >= 0.6 is 0 Å². The van der Waals surface area contributed by atoms with Gasteiger partial charge in [-0.1, -0.05) is 6.07 Å². The summed E-state index contributed by atoms with van der Waals surface area (Å²) in [6.07, 6.45) is 2.67. The van der Waals surface area contributed by atoms with Crippen LogP contribution in [0.25, 0.3) is 0 Å². The highest BCUT2D eigenvalue weighted by molar-refractivity contribution is 5.94. The lowest BCUT2D eigenvalue weighted by Gasteiger charge is -2.38. The fourth-order valence-corrected chi connectivity index (χ4v) is 2.91. The van der Waals surface area contributed by atoms with Gasteiger partial charge < -0.3 is 20.3 Å². The molecule has 24 heavy (non-hydrogen) atoms. The Morgan fingerprint density at radius 3 is 2.50 bits per heavy atom. The summed E-state index contributed by atoms with van der Waals surface area (Å²) in [6.45, 7) is 0. The minimum Gasteiger partial charge on any atom is -0.508 e. The lowest BCUT2D eigenvalue weighted by molar-refractivity contribution is 0.0234. The number of aliphatic hydroxyl groups is 1. The van der Waals surface area contributed by atoms with Crippen LogP contribution in [0.3, 0.4) is 0 Å². The van der Waals surface area contributed by atoms with Crippen LogP contribution in [0.4, 0.5) is 0 Å². The van der Waals surface area contributed by atoms with E-state index in [1.165, 1.54) is 12.1 Å². The molecule has 1 aliphatic rings. The van der Waals surface area contributed by atoms with E-state index in [2.05, 4.69) is 10.3 Å². The number of nitrogens with zero attached hydrogens (tertiary/aromatic N) is 1. The molecule has 3 rings (SSSR count). The second-order valence-electron chi connectivity index (χ2n) is 6.02. The molecule has 0 saturated heterocycles. The van der Waals surface area contributed by atoms with Crippen LogP contribution in [0, 0.1) is 5.92 Å². The molecule has 1 atom stereocenters. The predicted octanol–water partition coefficient (Wildman–Crippen LogP) is 2.04. The number of methoxy groups -OCH3 is 1. The number of pyridine rings is 1. The summed E-state index contributed by atoms with van der Waals surface area (Å²) in [7, 11) is 1.55. The number of ether oxygens (including phenoxy) is 1. The molecule has 1 fully saturated rings. The van der Waals surface area contributed by atoms with Gasteiger partial charge in [-0.05, 0) is 48.6 Å². The van der Waals surface area contributed by atoms with Crippen molar-refractivity contribution in [3.05, 3.63) is 53.7 Å². The van der Waals surface area contributed by atoms with Gasteiger partial charge in [0, 0.05) is 17.8 Å². The molecule has 1 aromatic carbocycles. The number of benzene rings is 1. The molecule has 1 saturated carbocycles. The summed E-state index contributed by atoms with van der Waals surface area (Å²) in [5, 5.41) is 22.0. The quantitative estimate of drug-likeness (QED) is 0.781. The molecule has 1 aliphatic carbocycles. The molecule has 6 heteroatoms. The molecular weight excluding hydrogens is 308 g/mol. The van der Waals surface area contributed by atoms with Gasteiger partial charge in [0.2, 0.25) is 5.88 Å². The molecule has 2 aromatic rings. The number of rotatable bonds is 5. The zero-order valence-electron chi connectivity index (χ0n) is 13.3. The molecule has 1 heterocycles. The molecule has 0 radical (unpaired) electrons. The topological polar surface area (TPSA) is 91.7 Å². The fraction of sp³-hybridized carbons (Fsp3) is 0.333. The lowest BCUT2D eigenvalue weighted by Crippen LogP contribution is -2.41. The molecule has 1 aromatic heterocycles. The molecular formula is C18H20N2O4. The number of carbonyl (C=O) groups excluding carboxylic acids is 1. The smallest absolute Gasteiger partial charge is 0.251 e. The first kappa shape index (κ1) is 16.3. The summed E-state index contributed by atoms with van der Waals surface area (Å²) in [5.41, 5.74) is 1.35. The van der Waals surface area contributed by atoms with E-state index in [-0.39, 0.29) is 29.7 Å². The monoisotopic (exact) mass is 328 g/mol. The Morgan fingerprint density at radius 1 is 1.25 bits per heavy atom. The van der Waals surface area contributed by atoms with Gasteiger partial charge in [0.1, 0.15) is 5.75 Å². The van der Waals surface area contributed by atoms with Crippen LogP contribution in [0.1, 0.15) is 34.8 Å². The van der Waals surface area contributed by atoms with Crippen LogP contribution in [-0.2, 0) is 0 Å². The van der Waals surface area contributed by atoms with E-state index >= 15 is 0 Å². The fourth-order valence-electron chi connectivity index (χ4n) is 2.91. The zero-order chi connectivity index (χ0) is 17.1. The minimum absolute atomic E-state index is 0.115. The molecule has 6 nitrogen and oxygen atoms in total. The number of aromatic nitrogens is 1. The van der Waals surface area contributed by atoms with E-state index < -0.39 is 0 Å². The summed E-state index contributed by atoms with van der Waals surface area (Å²) in [4.78, 5) is 16.7. The largest absolute Gasteiger partial charge is 0.508 e. The number of amides is 1. The number of phenolic OH excluding ortho intramolecular Hbond substituents is 1. The van der Waals surface area contributed by atoms with Crippen LogP contribution in [-0.4, -0.2) is 34.3 Å². The van der Waals surface area contributed by atoms with E-state index in [0.717, 1.165) is 5.56 Å². The van der Waals surface area contributed by atoms with Crippen LogP contribution in [0.5, 0.6) is 11.6 Å². The Labute approximate surface area is 140 Å². The van der Waals surface area contributed by atoms with Gasteiger partial charge in [-0.3, -0.25) is 4.79 Å². The maximum atomic E-state index is 12.5. The maximum absolute atomic E-state index is 12.5. The third-order valence-electron chi connectivity index (χ3n) is 4.36. The second-order valence-corrected chi connectivity index (χ2v) is 6.02. The number of aliphatic hydroxyl groups excluding tert-OH is 1. The van der Waals surface area contributed by atoms with Crippen molar-refractivity contribution in [1.29, 1.82) is 0 Å². The standard InChI is InChI=1S/C18H20N2O4/c1-24-16-7-4-12(10-19-16)17(13-8-15(22)9-13)20-18(23)11-2-5-14(21)6-3-11/h2-7,10,13,15,17,21-22H,8-9H2,1H3,(H,20,23)/t13?,15?,17-/m1/s1. The van der Waals surface area contributed by atoms with Crippen molar-refractivity contribution >= 4 is 5.91 Å². The number of phenols is 1. The molecule has 0 unspecified atom stereocenters. The third kappa shape index (κ3) is 3.49. The lowest BCUT2D eigenvalue weighted by atomic mass is 9.75. The van der Waals surface area contributed by atoms with E-state index in [9.17, 15) is 15.0 Å². The molecule has 0 bridgehead atoms. The van der Waals surface area contributed by atoms with Gasteiger partial charge in [-0.25, -0.2) is 4.98 Å². The predicted molar refractivity (Wildman–Crippen MR) is 87.8 cm³/mol. The van der Waals surface area contributed by atoms with Gasteiger partial charge in [-0.15, -0.1) is 0 Å². The van der Waals surface area contributed by atoms with Crippen molar-refractivity contribution in [1.82, 2.24) is 10.3 Å². The summed E-state index contributed by atoms with van der Waals surface area (Å²) in [6, 6.07) is 9.50. The maximum Gasteiger partial charge on any atom is 0.251 e. The Balaban J connectivity index is 1.79. The van der Waals surface area contributed by atoms with Crippen LogP contribution in [0.2, 0.25) is 0 Å². The average molecular weight is 328 g/mol. The highest BCUT2D eigenvalue weighted by Crippen LogP contribution is 2.38. The number of aromatic hydroxyl groups is 1. The Kier molecular flexibility index (Phi) is 4.66. The Bertz CT molecular complexity index is 694. The molecule has 0 spiro atoms. The second kappa shape index (κ2) is 6.88. The zero-order valence-corrected chi connectivity index (χ0v) is 13.3. The van der Waals surface area contributed by atoms with Crippen LogP contribution < -0.4 is 10.1 Å². The van der Waals surface area contributed by atoms with E-state index in [4.69, 9.17) is 4.74 Å². The molecule has 0 aliphatic heterocycles. The molecule has 3 N–H and O–H groups in total. The van der Waals surface area contributed by atoms with Gasteiger partial charge in [-0.2, -0.15) is 0 Å². The summed E-state index contributed by atoms with van der Waals surface area (Å²) >= 11 is 0. The Morgan fingerprint density at radius 2 is 1.96 bits per heavy atom. The SMILES string of the molecule is COc1ccc([C@@H](NC(=O)c2ccc(O)cc2)C2CC(O)C2)cn1. The summed E-state index contributed by atoms with van der Waals surface area (Å²) in [5.74, 6) is 0.564. The first-order valence-electron chi connectivity index (χ1n) is 7.84. The van der Waals surface area contributed by atoms with Gasteiger partial charge in [0.25, 0.3) is 5.91 Å².